The van der Waals surface area contributed by atoms with Crippen molar-refractivity contribution in [2.45, 2.75) is 18.9 Å². The zero-order chi connectivity index (χ0) is 15.9. The molecular weight excluding hydrogens is 305 g/mol. The van der Waals surface area contributed by atoms with Crippen LogP contribution in [-0.4, -0.2) is 29.1 Å². The Bertz CT molecular complexity index is 659. The molecule has 0 radical (unpaired) electrons. The van der Waals surface area contributed by atoms with E-state index >= 15 is 0 Å². The Morgan fingerprint density at radius 3 is 2.73 bits per heavy atom. The molecule has 1 aromatic rings. The van der Waals surface area contributed by atoms with E-state index in [1.807, 2.05) is 19.1 Å². The van der Waals surface area contributed by atoms with E-state index in [1.165, 1.54) is 12.1 Å². The number of carboxylic acid groups (broad SMARTS) is 1. The molecule has 1 heterocycles. The topological polar surface area (TPSA) is 40.5 Å². The molecule has 0 amide bonds. The molecule has 1 atom stereocenters. The van der Waals surface area contributed by atoms with Gasteiger partial charge in [-0.2, -0.15) is 0 Å². The molecule has 3 rings (SSSR count). The van der Waals surface area contributed by atoms with E-state index in [4.69, 9.17) is 16.7 Å². The van der Waals surface area contributed by atoms with Crippen LogP contribution in [0.3, 0.4) is 0 Å². The quantitative estimate of drug-likeness (QED) is 0.924. The first-order chi connectivity index (χ1) is 10.4. The summed E-state index contributed by atoms with van der Waals surface area (Å²) in [5.74, 6) is -1.52. The summed E-state index contributed by atoms with van der Waals surface area (Å²) in [6, 6.07) is 4.54. The lowest BCUT2D eigenvalue weighted by Crippen LogP contribution is -2.59. The van der Waals surface area contributed by atoms with E-state index in [9.17, 15) is 9.18 Å². The predicted octanol–water partition coefficient (Wildman–Crippen LogP) is 3.60. The number of rotatable bonds is 3. The van der Waals surface area contributed by atoms with Gasteiger partial charge in [-0.3, -0.25) is 9.69 Å². The highest BCUT2D eigenvalue weighted by molar-refractivity contribution is 6.30. The second-order valence-electron chi connectivity index (χ2n) is 6.02. The van der Waals surface area contributed by atoms with Gasteiger partial charge in [0.15, 0.2) is 0 Å². The molecule has 1 aliphatic heterocycles. The number of benzene rings is 1. The molecule has 0 bridgehead atoms. The molecule has 1 saturated heterocycles. The van der Waals surface area contributed by atoms with Crippen LogP contribution in [0.15, 0.2) is 42.0 Å². The first kappa shape index (κ1) is 15.3. The summed E-state index contributed by atoms with van der Waals surface area (Å²) in [6.45, 7) is 2.90. The lowest BCUT2D eigenvalue weighted by molar-refractivity contribution is -0.150. The average Bonchev–Trinajstić information content (AvgIpc) is 2.35. The van der Waals surface area contributed by atoms with E-state index < -0.39 is 11.5 Å². The van der Waals surface area contributed by atoms with Crippen molar-refractivity contribution in [3.8, 4) is 0 Å². The summed E-state index contributed by atoms with van der Waals surface area (Å²) >= 11 is 6.02. The average molecular weight is 322 g/mol. The van der Waals surface area contributed by atoms with Gasteiger partial charge in [0.05, 0.1) is 11.5 Å². The lowest BCUT2D eigenvalue weighted by Gasteiger charge is -2.51. The fraction of sp³-hybridized carbons (Fsp3) is 0.353. The molecule has 5 heteroatoms. The SMILES string of the molecule is CC1=CC(c2cc(F)cc(Cl)c2)(N2CC(C(=O)O)C2)CC=C1. The van der Waals surface area contributed by atoms with Crippen molar-refractivity contribution in [1.29, 1.82) is 0 Å². The van der Waals surface area contributed by atoms with Gasteiger partial charge in [0.1, 0.15) is 5.82 Å². The highest BCUT2D eigenvalue weighted by Gasteiger charge is 2.46. The van der Waals surface area contributed by atoms with Crippen LogP contribution in [0.1, 0.15) is 18.9 Å². The number of hydrogen-bond donors (Lipinski definition) is 1. The van der Waals surface area contributed by atoms with Crippen molar-refractivity contribution < 1.29 is 14.3 Å². The Hall–Kier alpha value is -1.65. The molecule has 22 heavy (non-hydrogen) atoms. The number of nitrogens with zero attached hydrogens (tertiary/aromatic N) is 1. The summed E-state index contributed by atoms with van der Waals surface area (Å²) < 4.78 is 13.8. The van der Waals surface area contributed by atoms with Crippen molar-refractivity contribution in [3.63, 3.8) is 0 Å². The van der Waals surface area contributed by atoms with Gasteiger partial charge < -0.3 is 5.11 Å². The van der Waals surface area contributed by atoms with Gasteiger partial charge in [-0.1, -0.05) is 35.4 Å². The van der Waals surface area contributed by atoms with E-state index in [-0.39, 0.29) is 11.7 Å². The zero-order valence-electron chi connectivity index (χ0n) is 12.2. The zero-order valence-corrected chi connectivity index (χ0v) is 13.0. The van der Waals surface area contributed by atoms with Crippen LogP contribution in [0, 0.1) is 11.7 Å². The van der Waals surface area contributed by atoms with Gasteiger partial charge in [-0.25, -0.2) is 4.39 Å². The maximum atomic E-state index is 13.8. The fourth-order valence-electron chi connectivity index (χ4n) is 3.28. The number of carboxylic acids is 1. The number of allylic oxidation sites excluding steroid dienone is 2. The second kappa shape index (κ2) is 5.52. The smallest absolute Gasteiger partial charge is 0.309 e. The highest BCUT2D eigenvalue weighted by atomic mass is 35.5. The van der Waals surface area contributed by atoms with Crippen LogP contribution >= 0.6 is 11.6 Å². The van der Waals surface area contributed by atoms with Crippen molar-refractivity contribution in [2.24, 2.45) is 5.92 Å². The Labute approximate surface area is 133 Å². The maximum absolute atomic E-state index is 13.8. The fourth-order valence-corrected chi connectivity index (χ4v) is 3.50. The number of likely N-dealkylation sites (tertiary alicyclic amines) is 1. The van der Waals surface area contributed by atoms with Gasteiger partial charge in [0, 0.05) is 18.1 Å². The molecule has 3 nitrogen and oxygen atoms in total. The normalized spacial score (nSPS) is 25.7. The standard InChI is InChI=1S/C17H17ClFNO2/c1-11-3-2-4-17(8-11,20-9-12(10-20)16(21)22)13-5-14(18)7-15(19)6-13/h2-3,5-8,12H,4,9-10H2,1H3,(H,21,22). The molecule has 0 aromatic heterocycles. The van der Waals surface area contributed by atoms with Crippen LogP contribution in [0.25, 0.3) is 0 Å². The van der Waals surface area contributed by atoms with Crippen molar-refractivity contribution in [3.05, 3.63) is 58.4 Å². The van der Waals surface area contributed by atoms with Crippen molar-refractivity contribution in [1.82, 2.24) is 4.90 Å². The minimum atomic E-state index is -0.782. The molecule has 1 aromatic carbocycles. The third kappa shape index (κ3) is 2.57. The summed E-state index contributed by atoms with van der Waals surface area (Å²) in [4.78, 5) is 13.2. The highest BCUT2D eigenvalue weighted by Crippen LogP contribution is 2.42. The summed E-state index contributed by atoms with van der Waals surface area (Å²) in [5, 5.41) is 9.46. The van der Waals surface area contributed by atoms with Crippen molar-refractivity contribution >= 4 is 17.6 Å². The molecule has 1 fully saturated rings. The summed E-state index contributed by atoms with van der Waals surface area (Å²) in [6.07, 6.45) is 6.82. The molecule has 1 N–H and O–H groups in total. The van der Waals surface area contributed by atoms with E-state index in [1.54, 1.807) is 6.07 Å². The Kier molecular flexibility index (Phi) is 3.83. The van der Waals surface area contributed by atoms with Crippen LogP contribution in [0.2, 0.25) is 5.02 Å². The first-order valence-electron chi connectivity index (χ1n) is 7.21. The van der Waals surface area contributed by atoms with Crippen molar-refractivity contribution in [2.75, 3.05) is 13.1 Å². The van der Waals surface area contributed by atoms with Gasteiger partial charge in [0.2, 0.25) is 0 Å². The van der Waals surface area contributed by atoms with Crippen LogP contribution in [0.5, 0.6) is 0 Å². The monoisotopic (exact) mass is 321 g/mol. The Morgan fingerprint density at radius 1 is 1.41 bits per heavy atom. The minimum Gasteiger partial charge on any atom is -0.481 e. The number of carbonyl (C=O) groups is 1. The van der Waals surface area contributed by atoms with Gasteiger partial charge in [0.25, 0.3) is 0 Å². The molecule has 116 valence electrons. The number of hydrogen-bond acceptors (Lipinski definition) is 2. The molecule has 2 aliphatic rings. The Morgan fingerprint density at radius 2 is 2.14 bits per heavy atom. The predicted molar refractivity (Wildman–Crippen MR) is 83.3 cm³/mol. The van der Waals surface area contributed by atoms with E-state index in [0.717, 1.165) is 11.1 Å². The number of halogens is 2. The lowest BCUT2D eigenvalue weighted by atomic mass is 9.77. The van der Waals surface area contributed by atoms with E-state index in [2.05, 4.69) is 11.0 Å². The molecule has 1 unspecified atom stereocenters. The minimum absolute atomic E-state index is 0.352. The third-order valence-corrected chi connectivity index (χ3v) is 4.65. The third-order valence-electron chi connectivity index (χ3n) is 4.43. The molecular formula is C17H17ClFNO2. The van der Waals surface area contributed by atoms with Gasteiger partial charge in [-0.15, -0.1) is 0 Å². The number of aliphatic carboxylic acids is 1. The Balaban J connectivity index is 2.01. The molecule has 1 aliphatic carbocycles. The van der Waals surface area contributed by atoms with Crippen LogP contribution < -0.4 is 0 Å². The maximum Gasteiger partial charge on any atom is 0.309 e. The largest absolute Gasteiger partial charge is 0.481 e. The summed E-state index contributed by atoms with van der Waals surface area (Å²) in [7, 11) is 0. The van der Waals surface area contributed by atoms with Gasteiger partial charge in [-0.05, 0) is 37.1 Å². The van der Waals surface area contributed by atoms with Crippen LogP contribution in [0.4, 0.5) is 4.39 Å². The van der Waals surface area contributed by atoms with Crippen LogP contribution in [-0.2, 0) is 10.3 Å². The summed E-state index contributed by atoms with van der Waals surface area (Å²) in [5.41, 5.74) is 1.33. The second-order valence-corrected chi connectivity index (χ2v) is 6.45. The first-order valence-corrected chi connectivity index (χ1v) is 7.59. The molecule has 0 spiro atoms. The van der Waals surface area contributed by atoms with E-state index in [0.29, 0.717) is 24.5 Å². The van der Waals surface area contributed by atoms with Gasteiger partial charge >= 0.3 is 5.97 Å². The molecule has 0 saturated carbocycles.